The summed E-state index contributed by atoms with van der Waals surface area (Å²) in [5, 5.41) is 3.07. The van der Waals surface area contributed by atoms with Gasteiger partial charge in [0.1, 0.15) is 5.75 Å². The molecule has 1 aromatic carbocycles. The fourth-order valence-electron chi connectivity index (χ4n) is 1.22. The minimum atomic E-state index is 0.883. The van der Waals surface area contributed by atoms with Gasteiger partial charge in [-0.25, -0.2) is 0 Å². The number of nitrogens with one attached hydrogen (secondary N) is 1. The van der Waals surface area contributed by atoms with E-state index in [1.807, 2.05) is 25.1 Å². The van der Waals surface area contributed by atoms with Crippen LogP contribution in [0.2, 0.25) is 0 Å². The van der Waals surface area contributed by atoms with E-state index >= 15 is 0 Å². The Morgan fingerprint density at radius 2 is 2.27 bits per heavy atom. The summed E-state index contributed by atoms with van der Waals surface area (Å²) in [7, 11) is 1.68. The van der Waals surface area contributed by atoms with Crippen molar-refractivity contribution in [3.05, 3.63) is 23.8 Å². The molecule has 0 saturated heterocycles. The quantitative estimate of drug-likeness (QED) is 0.624. The van der Waals surface area contributed by atoms with Crippen LogP contribution in [0.1, 0.15) is 12.5 Å². The maximum absolute atomic E-state index is 5.19. The molecular weight excluding hydrogens is 206 g/mol. The van der Waals surface area contributed by atoms with Crippen molar-refractivity contribution < 1.29 is 4.74 Å². The topological polar surface area (TPSA) is 21.3 Å². The predicted molar refractivity (Wildman–Crippen MR) is 67.3 cm³/mol. The van der Waals surface area contributed by atoms with E-state index in [0.29, 0.717) is 0 Å². The van der Waals surface area contributed by atoms with E-state index in [1.54, 1.807) is 18.9 Å². The van der Waals surface area contributed by atoms with Gasteiger partial charge in [-0.1, -0.05) is 5.92 Å². The molecular formula is C12H15NOS. The van der Waals surface area contributed by atoms with Crippen molar-refractivity contribution >= 4 is 17.4 Å². The Labute approximate surface area is 95.4 Å². The molecule has 1 aromatic rings. The van der Waals surface area contributed by atoms with Crippen LogP contribution in [0.5, 0.6) is 5.75 Å². The number of methoxy groups -OCH3 is 1. The molecule has 0 fully saturated rings. The molecule has 3 heteroatoms. The smallest absolute Gasteiger partial charge is 0.119 e. The number of thioether (sulfide) groups is 1. The normalized spacial score (nSPS) is 9.00. The SMILES string of the molecule is CC#CNc1ccc(OC)cc1CSC. The molecule has 2 nitrogen and oxygen atoms in total. The first-order valence-electron chi connectivity index (χ1n) is 4.65. The van der Waals surface area contributed by atoms with Gasteiger partial charge in [-0.3, -0.25) is 0 Å². The third kappa shape index (κ3) is 3.41. The zero-order valence-electron chi connectivity index (χ0n) is 9.26. The minimum absolute atomic E-state index is 0.883. The highest BCUT2D eigenvalue weighted by Gasteiger charge is 2.02. The van der Waals surface area contributed by atoms with Crippen molar-refractivity contribution in [1.29, 1.82) is 0 Å². The van der Waals surface area contributed by atoms with Crippen molar-refractivity contribution in [2.75, 3.05) is 18.7 Å². The lowest BCUT2D eigenvalue weighted by molar-refractivity contribution is 0.414. The summed E-state index contributed by atoms with van der Waals surface area (Å²) in [6.07, 6.45) is 2.08. The molecule has 0 unspecified atom stereocenters. The standard InChI is InChI=1S/C12H15NOS/c1-4-7-13-12-6-5-11(14-2)8-10(12)9-15-3/h5-6,8,13H,9H2,1-3H3. The molecule has 0 aromatic heterocycles. The molecule has 0 bridgehead atoms. The van der Waals surface area contributed by atoms with E-state index in [2.05, 4.69) is 23.5 Å². The van der Waals surface area contributed by atoms with E-state index < -0.39 is 0 Å². The molecule has 15 heavy (non-hydrogen) atoms. The second kappa shape index (κ2) is 6.26. The highest BCUT2D eigenvalue weighted by atomic mass is 32.2. The molecule has 0 aliphatic heterocycles. The molecule has 0 aliphatic carbocycles. The number of ether oxygens (including phenoxy) is 1. The lowest BCUT2D eigenvalue weighted by atomic mass is 10.2. The minimum Gasteiger partial charge on any atom is -0.497 e. The Morgan fingerprint density at radius 3 is 2.87 bits per heavy atom. The maximum Gasteiger partial charge on any atom is 0.119 e. The average molecular weight is 221 g/mol. The van der Waals surface area contributed by atoms with Crippen LogP contribution in [0.4, 0.5) is 5.69 Å². The first-order valence-corrected chi connectivity index (χ1v) is 6.04. The second-order valence-electron chi connectivity index (χ2n) is 2.96. The zero-order chi connectivity index (χ0) is 11.1. The van der Waals surface area contributed by atoms with Crippen LogP contribution in [0, 0.1) is 12.0 Å². The Balaban J connectivity index is 2.95. The molecule has 0 aliphatic rings. The van der Waals surface area contributed by atoms with Gasteiger partial charge >= 0.3 is 0 Å². The second-order valence-corrected chi connectivity index (χ2v) is 3.82. The van der Waals surface area contributed by atoms with E-state index in [-0.39, 0.29) is 0 Å². The van der Waals surface area contributed by atoms with Gasteiger partial charge in [0, 0.05) is 11.8 Å². The number of benzene rings is 1. The first kappa shape index (κ1) is 11.8. The summed E-state index contributed by atoms with van der Waals surface area (Å²) >= 11 is 1.78. The van der Waals surface area contributed by atoms with Crippen molar-refractivity contribution in [2.45, 2.75) is 12.7 Å². The molecule has 0 amide bonds. The summed E-state index contributed by atoms with van der Waals surface area (Å²) in [6.45, 7) is 1.81. The Kier molecular flexibility index (Phi) is 4.92. The van der Waals surface area contributed by atoms with E-state index in [4.69, 9.17) is 4.74 Å². The Morgan fingerprint density at radius 1 is 1.47 bits per heavy atom. The number of rotatable bonds is 4. The van der Waals surface area contributed by atoms with Gasteiger partial charge in [-0.15, -0.1) is 0 Å². The summed E-state index contributed by atoms with van der Waals surface area (Å²) in [5.74, 6) is 4.65. The van der Waals surface area contributed by atoms with Gasteiger partial charge in [-0.2, -0.15) is 11.8 Å². The molecule has 80 valence electrons. The molecule has 0 heterocycles. The van der Waals surface area contributed by atoms with E-state index in [0.717, 1.165) is 17.2 Å². The number of anilines is 1. The van der Waals surface area contributed by atoms with Crippen LogP contribution in [0.15, 0.2) is 18.2 Å². The summed E-state index contributed by atoms with van der Waals surface area (Å²) in [4.78, 5) is 0. The van der Waals surface area contributed by atoms with Crippen LogP contribution in [0.3, 0.4) is 0 Å². The highest BCUT2D eigenvalue weighted by molar-refractivity contribution is 7.97. The molecule has 1 N–H and O–H groups in total. The predicted octanol–water partition coefficient (Wildman–Crippen LogP) is 2.95. The molecule has 1 rings (SSSR count). The van der Waals surface area contributed by atoms with Crippen LogP contribution < -0.4 is 10.1 Å². The summed E-state index contributed by atoms with van der Waals surface area (Å²) < 4.78 is 5.19. The first-order chi connectivity index (χ1) is 7.31. The highest BCUT2D eigenvalue weighted by Crippen LogP contribution is 2.24. The van der Waals surface area contributed by atoms with Crippen LogP contribution in [0.25, 0.3) is 0 Å². The van der Waals surface area contributed by atoms with E-state index in [1.165, 1.54) is 5.56 Å². The van der Waals surface area contributed by atoms with Gasteiger partial charge in [0.05, 0.1) is 12.8 Å². The number of hydrogen-bond donors (Lipinski definition) is 1. The van der Waals surface area contributed by atoms with Crippen molar-refractivity contribution in [3.63, 3.8) is 0 Å². The van der Waals surface area contributed by atoms with E-state index in [9.17, 15) is 0 Å². The molecule has 0 radical (unpaired) electrons. The van der Waals surface area contributed by atoms with Crippen molar-refractivity contribution in [2.24, 2.45) is 0 Å². The fourth-order valence-corrected chi connectivity index (χ4v) is 1.77. The van der Waals surface area contributed by atoms with Crippen LogP contribution in [-0.2, 0) is 5.75 Å². The number of hydrogen-bond acceptors (Lipinski definition) is 3. The zero-order valence-corrected chi connectivity index (χ0v) is 10.1. The van der Waals surface area contributed by atoms with Gasteiger partial charge in [0.25, 0.3) is 0 Å². The Bertz CT molecular complexity index is 379. The van der Waals surface area contributed by atoms with Gasteiger partial charge in [0.15, 0.2) is 0 Å². The molecule has 0 saturated carbocycles. The van der Waals surface area contributed by atoms with Crippen LogP contribution >= 0.6 is 11.8 Å². The third-order valence-corrected chi connectivity index (χ3v) is 2.53. The third-order valence-electron chi connectivity index (χ3n) is 1.93. The Hall–Kier alpha value is -1.27. The monoisotopic (exact) mass is 221 g/mol. The van der Waals surface area contributed by atoms with Gasteiger partial charge in [0.2, 0.25) is 0 Å². The average Bonchev–Trinajstić information content (AvgIpc) is 2.27. The molecule has 0 spiro atoms. The largest absolute Gasteiger partial charge is 0.497 e. The maximum atomic E-state index is 5.19. The fraction of sp³-hybridized carbons (Fsp3) is 0.333. The summed E-state index contributed by atoms with van der Waals surface area (Å²) in [6, 6.07) is 8.82. The van der Waals surface area contributed by atoms with Crippen molar-refractivity contribution in [3.8, 4) is 17.7 Å². The lowest BCUT2D eigenvalue weighted by Crippen LogP contribution is -1.95. The van der Waals surface area contributed by atoms with Crippen molar-refractivity contribution in [1.82, 2.24) is 0 Å². The van der Waals surface area contributed by atoms with Gasteiger partial charge < -0.3 is 10.1 Å². The van der Waals surface area contributed by atoms with Gasteiger partial charge in [-0.05, 0) is 36.9 Å². The summed E-state index contributed by atoms with van der Waals surface area (Å²) in [5.41, 5.74) is 2.27. The molecule has 0 atom stereocenters. The van der Waals surface area contributed by atoms with Crippen LogP contribution in [-0.4, -0.2) is 13.4 Å². The lowest BCUT2D eigenvalue weighted by Gasteiger charge is -2.09.